The summed E-state index contributed by atoms with van der Waals surface area (Å²) in [5, 5.41) is 2.08. The van der Waals surface area contributed by atoms with Gasteiger partial charge in [0.15, 0.2) is 5.69 Å². The van der Waals surface area contributed by atoms with Crippen LogP contribution < -0.4 is 0 Å². The van der Waals surface area contributed by atoms with E-state index in [1.165, 1.54) is 29.9 Å². The first-order chi connectivity index (χ1) is 9.40. The molecule has 1 aromatic carbocycles. The molecule has 0 amide bonds. The summed E-state index contributed by atoms with van der Waals surface area (Å²) in [7, 11) is 1.24. The van der Waals surface area contributed by atoms with Crippen LogP contribution in [0.5, 0.6) is 0 Å². The Morgan fingerprint density at radius 1 is 1.40 bits per heavy atom. The molecule has 0 saturated carbocycles. The summed E-state index contributed by atoms with van der Waals surface area (Å²) in [5.74, 6) is -0.559. The highest BCUT2D eigenvalue weighted by Crippen LogP contribution is 2.30. The third kappa shape index (κ3) is 3.36. The Balaban J connectivity index is 2.18. The van der Waals surface area contributed by atoms with Gasteiger partial charge in [-0.1, -0.05) is 18.2 Å². The molecule has 0 aliphatic carbocycles. The molecule has 2 aromatic rings. The van der Waals surface area contributed by atoms with Crippen molar-refractivity contribution < 1.29 is 22.7 Å². The Bertz CT molecular complexity index is 622. The number of alkyl halides is 3. The summed E-state index contributed by atoms with van der Waals surface area (Å²) < 4.78 is 42.3. The Morgan fingerprint density at radius 3 is 2.80 bits per heavy atom. The molecule has 106 valence electrons. The van der Waals surface area contributed by atoms with Gasteiger partial charge in [0.05, 0.1) is 17.7 Å². The smallest absolute Gasteiger partial charge is 0.416 e. The third-order valence-electron chi connectivity index (χ3n) is 2.56. The summed E-state index contributed by atoms with van der Waals surface area (Å²) >= 11 is 1.21. The number of methoxy groups -OCH3 is 1. The second-order valence-corrected chi connectivity index (χ2v) is 4.94. The maximum Gasteiger partial charge on any atom is 0.416 e. The normalized spacial score (nSPS) is 11.4. The zero-order chi connectivity index (χ0) is 14.8. The number of ether oxygens (including phenoxy) is 1. The molecule has 0 fully saturated rings. The van der Waals surface area contributed by atoms with E-state index >= 15 is 0 Å². The highest BCUT2D eigenvalue weighted by Gasteiger charge is 2.30. The van der Waals surface area contributed by atoms with Gasteiger partial charge in [0.2, 0.25) is 0 Å². The molecule has 7 heteroatoms. The average molecular weight is 301 g/mol. The van der Waals surface area contributed by atoms with E-state index in [1.54, 1.807) is 6.07 Å². The number of hydrogen-bond donors (Lipinski definition) is 0. The molecular weight excluding hydrogens is 291 g/mol. The van der Waals surface area contributed by atoms with Gasteiger partial charge < -0.3 is 4.74 Å². The first kappa shape index (κ1) is 14.5. The Labute approximate surface area is 117 Å². The Hall–Kier alpha value is -1.89. The lowest BCUT2D eigenvalue weighted by Gasteiger charge is -2.07. The zero-order valence-corrected chi connectivity index (χ0v) is 11.2. The van der Waals surface area contributed by atoms with Gasteiger partial charge in [-0.25, -0.2) is 9.78 Å². The average Bonchev–Trinajstić information content (AvgIpc) is 2.85. The molecule has 0 atom stereocenters. The fourth-order valence-corrected chi connectivity index (χ4v) is 2.42. The Kier molecular flexibility index (Phi) is 4.08. The molecule has 3 nitrogen and oxygen atoms in total. The van der Waals surface area contributed by atoms with E-state index in [0.717, 1.165) is 12.1 Å². The van der Waals surface area contributed by atoms with Crippen molar-refractivity contribution in [2.24, 2.45) is 0 Å². The number of rotatable bonds is 3. The minimum Gasteiger partial charge on any atom is -0.464 e. The summed E-state index contributed by atoms with van der Waals surface area (Å²) in [5.41, 5.74) is -0.0372. The van der Waals surface area contributed by atoms with Gasteiger partial charge in [0.25, 0.3) is 0 Å². The molecule has 20 heavy (non-hydrogen) atoms. The molecular formula is C13H10F3NO2S. The molecule has 0 N–H and O–H groups in total. The fourth-order valence-electron chi connectivity index (χ4n) is 1.62. The molecule has 0 bridgehead atoms. The van der Waals surface area contributed by atoms with Crippen LogP contribution in [0.15, 0.2) is 29.6 Å². The summed E-state index contributed by atoms with van der Waals surface area (Å²) in [6.45, 7) is 0. The van der Waals surface area contributed by atoms with Gasteiger partial charge >= 0.3 is 12.1 Å². The van der Waals surface area contributed by atoms with Crippen LogP contribution in [0.4, 0.5) is 13.2 Å². The van der Waals surface area contributed by atoms with Crippen molar-refractivity contribution >= 4 is 17.3 Å². The van der Waals surface area contributed by atoms with Gasteiger partial charge in [-0.2, -0.15) is 13.2 Å². The van der Waals surface area contributed by atoms with Crippen LogP contribution >= 0.6 is 11.3 Å². The van der Waals surface area contributed by atoms with E-state index in [9.17, 15) is 18.0 Å². The second-order valence-electron chi connectivity index (χ2n) is 3.99. The van der Waals surface area contributed by atoms with Crippen molar-refractivity contribution in [3.8, 4) is 0 Å². The minimum atomic E-state index is -4.37. The summed E-state index contributed by atoms with van der Waals surface area (Å²) in [4.78, 5) is 15.3. The minimum absolute atomic E-state index is 0.166. The van der Waals surface area contributed by atoms with Crippen LogP contribution in [0, 0.1) is 0 Å². The lowest BCUT2D eigenvalue weighted by molar-refractivity contribution is -0.137. The zero-order valence-electron chi connectivity index (χ0n) is 10.4. The number of aromatic nitrogens is 1. The van der Waals surface area contributed by atoms with Gasteiger partial charge in [-0.15, -0.1) is 11.3 Å². The number of halogens is 3. The fraction of sp³-hybridized carbons (Fsp3) is 0.231. The Morgan fingerprint density at radius 2 is 2.15 bits per heavy atom. The van der Waals surface area contributed by atoms with Crippen LogP contribution in [-0.4, -0.2) is 18.1 Å². The number of esters is 1. The molecule has 1 aromatic heterocycles. The SMILES string of the molecule is COC(=O)c1csc(Cc2cccc(C(F)(F)F)c2)n1. The largest absolute Gasteiger partial charge is 0.464 e. The molecule has 0 radical (unpaired) electrons. The second kappa shape index (κ2) is 5.62. The molecule has 1 heterocycles. The number of benzene rings is 1. The first-order valence-electron chi connectivity index (χ1n) is 5.59. The third-order valence-corrected chi connectivity index (χ3v) is 3.40. The van der Waals surface area contributed by atoms with Crippen LogP contribution in [0.1, 0.15) is 26.6 Å². The van der Waals surface area contributed by atoms with E-state index in [-0.39, 0.29) is 12.1 Å². The van der Waals surface area contributed by atoms with Crippen LogP contribution in [-0.2, 0) is 17.3 Å². The molecule has 0 unspecified atom stereocenters. The highest BCUT2D eigenvalue weighted by atomic mass is 32.1. The molecule has 0 saturated heterocycles. The van der Waals surface area contributed by atoms with Crippen molar-refractivity contribution in [3.63, 3.8) is 0 Å². The number of carbonyl (C=O) groups excluding carboxylic acids is 1. The predicted octanol–water partition coefficient (Wildman–Crippen LogP) is 3.54. The molecule has 0 aliphatic rings. The summed E-state index contributed by atoms with van der Waals surface area (Å²) in [6, 6.07) is 5.05. The standard InChI is InChI=1S/C13H10F3NO2S/c1-19-12(18)10-7-20-11(17-10)6-8-3-2-4-9(5-8)13(14,15)16/h2-5,7H,6H2,1H3. The van der Waals surface area contributed by atoms with E-state index < -0.39 is 17.7 Å². The predicted molar refractivity (Wildman–Crippen MR) is 67.7 cm³/mol. The van der Waals surface area contributed by atoms with Crippen LogP contribution in [0.2, 0.25) is 0 Å². The van der Waals surface area contributed by atoms with Gasteiger partial charge in [-0.3, -0.25) is 0 Å². The lowest BCUT2D eigenvalue weighted by Crippen LogP contribution is -2.05. The number of carbonyl (C=O) groups is 1. The maximum atomic E-state index is 12.6. The molecule has 0 aliphatic heterocycles. The number of nitrogens with zero attached hydrogens (tertiary/aromatic N) is 1. The van der Waals surface area contributed by atoms with Crippen molar-refractivity contribution in [3.05, 3.63) is 51.5 Å². The van der Waals surface area contributed by atoms with Gasteiger partial charge in [0.1, 0.15) is 0 Å². The van der Waals surface area contributed by atoms with Crippen molar-refractivity contribution in [1.82, 2.24) is 4.98 Å². The molecule has 2 rings (SSSR count). The number of thiazole rings is 1. The quantitative estimate of drug-likeness (QED) is 0.814. The van der Waals surface area contributed by atoms with E-state index in [4.69, 9.17) is 0 Å². The van der Waals surface area contributed by atoms with Gasteiger partial charge in [-0.05, 0) is 11.6 Å². The van der Waals surface area contributed by atoms with Crippen molar-refractivity contribution in [2.75, 3.05) is 7.11 Å². The monoisotopic (exact) mass is 301 g/mol. The number of hydrogen-bond acceptors (Lipinski definition) is 4. The summed E-state index contributed by atoms with van der Waals surface area (Å²) in [6.07, 6.45) is -4.12. The molecule has 0 spiro atoms. The maximum absolute atomic E-state index is 12.6. The van der Waals surface area contributed by atoms with Crippen LogP contribution in [0.3, 0.4) is 0 Å². The van der Waals surface area contributed by atoms with Crippen molar-refractivity contribution in [1.29, 1.82) is 0 Å². The lowest BCUT2D eigenvalue weighted by atomic mass is 10.1. The van der Waals surface area contributed by atoms with E-state index in [0.29, 0.717) is 10.6 Å². The first-order valence-corrected chi connectivity index (χ1v) is 6.47. The van der Waals surface area contributed by atoms with Crippen LogP contribution in [0.25, 0.3) is 0 Å². The highest BCUT2D eigenvalue weighted by molar-refractivity contribution is 7.09. The van der Waals surface area contributed by atoms with Crippen molar-refractivity contribution in [2.45, 2.75) is 12.6 Å². The van der Waals surface area contributed by atoms with E-state index in [1.807, 2.05) is 0 Å². The van der Waals surface area contributed by atoms with Gasteiger partial charge in [0, 0.05) is 11.8 Å². The topological polar surface area (TPSA) is 39.2 Å². The van der Waals surface area contributed by atoms with E-state index in [2.05, 4.69) is 9.72 Å².